The Morgan fingerprint density at radius 1 is 1.03 bits per heavy atom. The molecule has 38 heavy (non-hydrogen) atoms. The van der Waals surface area contributed by atoms with Gasteiger partial charge in [-0.25, -0.2) is 4.79 Å². The molecule has 194 valence electrons. The molecule has 2 atom stereocenters. The van der Waals surface area contributed by atoms with Crippen LogP contribution >= 0.6 is 0 Å². The number of para-hydroxylation sites is 1. The van der Waals surface area contributed by atoms with Crippen molar-refractivity contribution < 1.29 is 14.7 Å². The van der Waals surface area contributed by atoms with Crippen LogP contribution in [-0.2, 0) is 16.1 Å². The molecule has 1 saturated heterocycles. The highest BCUT2D eigenvalue weighted by Crippen LogP contribution is 2.25. The van der Waals surface area contributed by atoms with E-state index in [0.717, 1.165) is 31.5 Å². The first-order valence-corrected chi connectivity index (χ1v) is 13.0. The van der Waals surface area contributed by atoms with Crippen LogP contribution in [0.4, 0.5) is 5.69 Å². The lowest BCUT2D eigenvalue weighted by Gasteiger charge is -2.24. The van der Waals surface area contributed by atoms with E-state index in [1.807, 2.05) is 72.8 Å². The van der Waals surface area contributed by atoms with E-state index in [9.17, 15) is 14.7 Å². The number of hydrogen-bond donors (Lipinski definition) is 2. The molecule has 2 N–H and O–H groups in total. The fourth-order valence-electron chi connectivity index (χ4n) is 4.84. The van der Waals surface area contributed by atoms with Crippen molar-refractivity contribution in [2.45, 2.75) is 50.7 Å². The van der Waals surface area contributed by atoms with E-state index in [1.54, 1.807) is 0 Å². The van der Waals surface area contributed by atoms with E-state index in [0.29, 0.717) is 36.2 Å². The maximum atomic E-state index is 13.5. The molecule has 1 aliphatic rings. The smallest absolute Gasteiger partial charge is 0.328 e. The first-order valence-electron chi connectivity index (χ1n) is 13.0. The Balaban J connectivity index is 1.63. The van der Waals surface area contributed by atoms with Crippen molar-refractivity contribution in [3.63, 3.8) is 0 Å². The van der Waals surface area contributed by atoms with Crippen molar-refractivity contribution in [3.8, 4) is 12.3 Å². The van der Waals surface area contributed by atoms with Gasteiger partial charge < -0.3 is 10.4 Å². The third kappa shape index (κ3) is 6.96. The van der Waals surface area contributed by atoms with Crippen molar-refractivity contribution in [1.82, 2.24) is 4.90 Å². The van der Waals surface area contributed by atoms with Gasteiger partial charge in [-0.15, -0.1) is 12.3 Å². The van der Waals surface area contributed by atoms with Gasteiger partial charge in [0, 0.05) is 24.1 Å². The second kappa shape index (κ2) is 13.4. The zero-order valence-electron chi connectivity index (χ0n) is 21.4. The second-order valence-electron chi connectivity index (χ2n) is 9.44. The molecule has 0 radical (unpaired) electrons. The van der Waals surface area contributed by atoms with Gasteiger partial charge in [0.25, 0.3) is 0 Å². The number of aliphatic carboxylic acids is 1. The van der Waals surface area contributed by atoms with Crippen LogP contribution in [0.5, 0.6) is 0 Å². The first-order chi connectivity index (χ1) is 18.6. The highest BCUT2D eigenvalue weighted by molar-refractivity contribution is 6.17. The molecule has 4 rings (SSSR count). The van der Waals surface area contributed by atoms with Gasteiger partial charge in [-0.05, 0) is 43.9 Å². The maximum absolute atomic E-state index is 13.5. The van der Waals surface area contributed by atoms with Crippen LogP contribution in [0.15, 0.2) is 89.9 Å². The maximum Gasteiger partial charge on any atom is 0.328 e. The fraction of sp³-hybridized carbons (Fsp3) is 0.281. The molecule has 0 unspecified atom stereocenters. The molecule has 6 nitrogen and oxygen atoms in total. The minimum absolute atomic E-state index is 0.0675. The summed E-state index contributed by atoms with van der Waals surface area (Å²) in [5.41, 5.74) is 3.78. The van der Waals surface area contributed by atoms with Crippen LogP contribution in [0.3, 0.4) is 0 Å². The van der Waals surface area contributed by atoms with Crippen molar-refractivity contribution in [1.29, 1.82) is 0 Å². The van der Waals surface area contributed by atoms with Crippen LogP contribution in [-0.4, -0.2) is 46.2 Å². The molecule has 1 heterocycles. The third-order valence-corrected chi connectivity index (χ3v) is 6.75. The Bertz CT molecular complexity index is 1300. The number of anilines is 1. The number of carbonyl (C=O) groups excluding carboxylic acids is 1. The van der Waals surface area contributed by atoms with Gasteiger partial charge in [0.15, 0.2) is 0 Å². The Kier molecular flexibility index (Phi) is 9.44. The summed E-state index contributed by atoms with van der Waals surface area (Å²) in [5, 5.41) is 13.0. The zero-order chi connectivity index (χ0) is 26.7. The Morgan fingerprint density at radius 2 is 1.71 bits per heavy atom. The average Bonchev–Trinajstić information content (AvgIpc) is 3.40. The molecular formula is C32H33N3O3. The fourth-order valence-corrected chi connectivity index (χ4v) is 4.84. The topological polar surface area (TPSA) is 82.0 Å². The lowest BCUT2D eigenvalue weighted by Crippen LogP contribution is -2.39. The Hall–Kier alpha value is -4.21. The molecule has 0 aromatic heterocycles. The number of benzene rings is 3. The quantitative estimate of drug-likeness (QED) is 0.207. The van der Waals surface area contributed by atoms with Crippen molar-refractivity contribution in [2.24, 2.45) is 4.99 Å². The standard InChI is InChI=1S/C32H33N3O3/c1-2-3-6-20-28(32(37)38)33-30(25-16-9-5-10-17-25)26-18-11-12-19-27(26)34-31(36)29-21-13-22-35(29)23-24-14-7-4-8-15-24/h1,4-5,7-12,14-19,28-29H,3,6,13,20-23H2,(H,34,36)(H,37,38)/t28-,29-/m0/s1. The number of carbonyl (C=O) groups is 2. The van der Waals surface area contributed by atoms with Gasteiger partial charge in [-0.3, -0.25) is 14.7 Å². The number of terminal acetylenes is 1. The van der Waals surface area contributed by atoms with Crippen molar-refractivity contribution in [2.75, 3.05) is 11.9 Å². The van der Waals surface area contributed by atoms with Crippen LogP contribution in [0.1, 0.15) is 48.8 Å². The predicted octanol–water partition coefficient (Wildman–Crippen LogP) is 5.38. The summed E-state index contributed by atoms with van der Waals surface area (Å²) in [4.78, 5) is 32.5. The van der Waals surface area contributed by atoms with Gasteiger partial charge in [0.05, 0.1) is 17.4 Å². The summed E-state index contributed by atoms with van der Waals surface area (Å²) in [6, 6.07) is 25.9. The van der Waals surface area contributed by atoms with Gasteiger partial charge in [-0.2, -0.15) is 0 Å². The van der Waals surface area contributed by atoms with E-state index in [4.69, 9.17) is 11.4 Å². The molecule has 3 aromatic carbocycles. The SMILES string of the molecule is C#CCCC[C@H](N=C(c1ccccc1)c1ccccc1NC(=O)[C@@H]1CCCN1Cc1ccccc1)C(=O)O. The monoisotopic (exact) mass is 507 g/mol. The number of unbranched alkanes of at least 4 members (excludes halogenated alkanes) is 1. The van der Waals surface area contributed by atoms with E-state index in [-0.39, 0.29) is 11.9 Å². The molecular weight excluding hydrogens is 474 g/mol. The number of aliphatic imine (C=N–C) groups is 1. The molecule has 1 amide bonds. The summed E-state index contributed by atoms with van der Waals surface area (Å²) in [5.74, 6) is 1.49. The summed E-state index contributed by atoms with van der Waals surface area (Å²) in [6.45, 7) is 1.58. The number of carboxylic acids is 1. The Morgan fingerprint density at radius 3 is 2.42 bits per heavy atom. The van der Waals surface area contributed by atoms with E-state index < -0.39 is 12.0 Å². The molecule has 0 bridgehead atoms. The van der Waals surface area contributed by atoms with E-state index in [2.05, 4.69) is 28.3 Å². The number of hydrogen-bond acceptors (Lipinski definition) is 4. The summed E-state index contributed by atoms with van der Waals surface area (Å²) in [7, 11) is 0. The summed E-state index contributed by atoms with van der Waals surface area (Å²) >= 11 is 0. The van der Waals surface area contributed by atoms with Gasteiger partial charge in [0.1, 0.15) is 6.04 Å². The lowest BCUT2D eigenvalue weighted by molar-refractivity contribution is -0.138. The highest BCUT2D eigenvalue weighted by atomic mass is 16.4. The Labute approximate surface area is 224 Å². The average molecular weight is 508 g/mol. The lowest BCUT2D eigenvalue weighted by atomic mass is 9.99. The molecule has 1 aliphatic heterocycles. The van der Waals surface area contributed by atoms with Crippen LogP contribution in [0, 0.1) is 12.3 Å². The first kappa shape index (κ1) is 26.8. The number of carboxylic acid groups (broad SMARTS) is 1. The van der Waals surface area contributed by atoms with Crippen molar-refractivity contribution in [3.05, 3.63) is 102 Å². The molecule has 0 saturated carbocycles. The highest BCUT2D eigenvalue weighted by Gasteiger charge is 2.31. The predicted molar refractivity (Wildman–Crippen MR) is 151 cm³/mol. The van der Waals surface area contributed by atoms with Gasteiger partial charge >= 0.3 is 5.97 Å². The third-order valence-electron chi connectivity index (χ3n) is 6.75. The number of nitrogens with zero attached hydrogens (tertiary/aromatic N) is 2. The minimum Gasteiger partial charge on any atom is -0.480 e. The normalized spacial score (nSPS) is 16.5. The largest absolute Gasteiger partial charge is 0.480 e. The van der Waals surface area contributed by atoms with Gasteiger partial charge in [0.2, 0.25) is 5.91 Å². The van der Waals surface area contributed by atoms with Gasteiger partial charge in [-0.1, -0.05) is 78.9 Å². The minimum atomic E-state index is -1.00. The zero-order valence-corrected chi connectivity index (χ0v) is 21.4. The van der Waals surface area contributed by atoms with E-state index in [1.165, 1.54) is 5.56 Å². The molecule has 6 heteroatoms. The summed E-state index contributed by atoms with van der Waals surface area (Å²) in [6.07, 6.45) is 8.51. The second-order valence-corrected chi connectivity index (χ2v) is 9.44. The van der Waals surface area contributed by atoms with Crippen LogP contribution in [0.2, 0.25) is 0 Å². The summed E-state index contributed by atoms with van der Waals surface area (Å²) < 4.78 is 0. The number of amides is 1. The number of rotatable bonds is 11. The van der Waals surface area contributed by atoms with Crippen LogP contribution in [0.25, 0.3) is 0 Å². The van der Waals surface area contributed by atoms with Crippen molar-refractivity contribution >= 4 is 23.3 Å². The number of nitrogens with one attached hydrogen (secondary N) is 1. The molecule has 0 aliphatic carbocycles. The molecule has 3 aromatic rings. The van der Waals surface area contributed by atoms with Crippen LogP contribution < -0.4 is 5.32 Å². The van der Waals surface area contributed by atoms with E-state index >= 15 is 0 Å². The number of likely N-dealkylation sites (tertiary alicyclic amines) is 1. The molecule has 0 spiro atoms. The molecule has 1 fully saturated rings.